The maximum absolute atomic E-state index is 12.9. The smallest absolute Gasteiger partial charge is 0.338 e. The van der Waals surface area contributed by atoms with E-state index in [1.54, 1.807) is 19.1 Å². The number of hydrogen-bond acceptors (Lipinski definition) is 7. The molecule has 2 N–H and O–H groups in total. The molecule has 2 amide bonds. The molecule has 4 rings (SSSR count). The Morgan fingerprint density at radius 2 is 2.06 bits per heavy atom. The Hall–Kier alpha value is -2.36. The lowest BCUT2D eigenvalue weighted by Crippen LogP contribution is -2.52. The lowest BCUT2D eigenvalue weighted by atomic mass is 9.99. The fourth-order valence-electron chi connectivity index (χ4n) is 5.11. The highest BCUT2D eigenvalue weighted by Crippen LogP contribution is 2.30. The van der Waals surface area contributed by atoms with Gasteiger partial charge in [-0.15, -0.1) is 0 Å². The summed E-state index contributed by atoms with van der Waals surface area (Å²) in [6.45, 7) is 10.5. The largest absolute Gasteiger partial charge is 0.467 e. The van der Waals surface area contributed by atoms with Crippen molar-refractivity contribution in [3.8, 4) is 0 Å². The standard InChI is InChI=1S/C23H34N4O5/c1-4-30-22(28)20-18(24-23(29)25-21(20)19-8-6-10-31-19)14-27-9-5-7-17(27)13-26-11-15(2)32-16(3)12-26/h6,8,10,15-17,21H,4-5,7,9,11-14H2,1-3H3,(H2,24,25,29). The normalized spacial score (nSPS) is 29.7. The summed E-state index contributed by atoms with van der Waals surface area (Å²) in [6, 6.07) is 2.84. The third-order valence-electron chi connectivity index (χ3n) is 6.30. The van der Waals surface area contributed by atoms with Gasteiger partial charge < -0.3 is 24.5 Å². The van der Waals surface area contributed by atoms with Crippen LogP contribution in [0.5, 0.6) is 0 Å². The van der Waals surface area contributed by atoms with Gasteiger partial charge >= 0.3 is 12.0 Å². The van der Waals surface area contributed by atoms with Crippen molar-refractivity contribution in [2.45, 2.75) is 57.9 Å². The molecule has 0 radical (unpaired) electrons. The van der Waals surface area contributed by atoms with E-state index in [9.17, 15) is 9.59 Å². The molecule has 1 aromatic heterocycles. The van der Waals surface area contributed by atoms with Gasteiger partial charge in [-0.25, -0.2) is 9.59 Å². The van der Waals surface area contributed by atoms with Crippen molar-refractivity contribution in [3.05, 3.63) is 35.4 Å². The van der Waals surface area contributed by atoms with Gasteiger partial charge in [0, 0.05) is 37.9 Å². The molecule has 32 heavy (non-hydrogen) atoms. The summed E-state index contributed by atoms with van der Waals surface area (Å²) >= 11 is 0. The molecule has 2 saturated heterocycles. The van der Waals surface area contributed by atoms with Crippen LogP contribution < -0.4 is 10.6 Å². The lowest BCUT2D eigenvalue weighted by molar-refractivity contribution is -0.139. The Balaban J connectivity index is 1.55. The first-order valence-electron chi connectivity index (χ1n) is 11.6. The molecule has 176 valence electrons. The van der Waals surface area contributed by atoms with Crippen LogP contribution in [0.2, 0.25) is 0 Å². The molecule has 0 bridgehead atoms. The maximum atomic E-state index is 12.9. The minimum absolute atomic E-state index is 0.226. The van der Waals surface area contributed by atoms with Crippen molar-refractivity contribution >= 4 is 12.0 Å². The highest BCUT2D eigenvalue weighted by Gasteiger charge is 2.37. The number of esters is 1. The van der Waals surface area contributed by atoms with Crippen molar-refractivity contribution in [1.82, 2.24) is 20.4 Å². The van der Waals surface area contributed by atoms with Gasteiger partial charge in [-0.1, -0.05) is 0 Å². The third kappa shape index (κ3) is 5.16. The number of furan rings is 1. The number of urea groups is 1. The molecule has 3 aliphatic rings. The average Bonchev–Trinajstić information content (AvgIpc) is 3.39. The fourth-order valence-corrected chi connectivity index (χ4v) is 5.11. The van der Waals surface area contributed by atoms with E-state index in [4.69, 9.17) is 13.9 Å². The van der Waals surface area contributed by atoms with Crippen molar-refractivity contribution in [1.29, 1.82) is 0 Å². The first-order valence-corrected chi connectivity index (χ1v) is 11.6. The van der Waals surface area contributed by atoms with E-state index in [0.29, 0.717) is 29.6 Å². The van der Waals surface area contributed by atoms with Gasteiger partial charge in [0.15, 0.2) is 0 Å². The Kier molecular flexibility index (Phi) is 7.17. The number of nitrogens with zero attached hydrogens (tertiary/aromatic N) is 2. The summed E-state index contributed by atoms with van der Waals surface area (Å²) in [7, 11) is 0. The van der Waals surface area contributed by atoms with E-state index in [1.165, 1.54) is 6.26 Å². The third-order valence-corrected chi connectivity index (χ3v) is 6.30. The summed E-state index contributed by atoms with van der Waals surface area (Å²) < 4.78 is 16.7. The van der Waals surface area contributed by atoms with Crippen molar-refractivity contribution in [3.63, 3.8) is 0 Å². The van der Waals surface area contributed by atoms with Gasteiger partial charge in [0.25, 0.3) is 0 Å². The quantitative estimate of drug-likeness (QED) is 0.619. The number of hydrogen-bond donors (Lipinski definition) is 2. The van der Waals surface area contributed by atoms with E-state index < -0.39 is 12.0 Å². The van der Waals surface area contributed by atoms with Crippen LogP contribution in [0.15, 0.2) is 34.1 Å². The number of rotatable bonds is 7. The topological polar surface area (TPSA) is 96.3 Å². The predicted molar refractivity (Wildman–Crippen MR) is 118 cm³/mol. The van der Waals surface area contributed by atoms with Crippen LogP contribution >= 0.6 is 0 Å². The number of likely N-dealkylation sites (tertiary alicyclic amines) is 1. The van der Waals surface area contributed by atoms with Crippen LogP contribution in [0.3, 0.4) is 0 Å². The molecule has 0 spiro atoms. The zero-order valence-corrected chi connectivity index (χ0v) is 19.1. The molecule has 0 saturated carbocycles. The average molecular weight is 447 g/mol. The second-order valence-corrected chi connectivity index (χ2v) is 8.90. The van der Waals surface area contributed by atoms with Gasteiger partial charge in [-0.2, -0.15) is 0 Å². The second-order valence-electron chi connectivity index (χ2n) is 8.90. The summed E-state index contributed by atoms with van der Waals surface area (Å²) in [5.74, 6) is 0.0673. The summed E-state index contributed by atoms with van der Waals surface area (Å²) in [4.78, 5) is 30.2. The fraction of sp³-hybridized carbons (Fsp3) is 0.652. The molecule has 3 aliphatic heterocycles. The number of nitrogens with one attached hydrogen (secondary N) is 2. The molecule has 9 heteroatoms. The zero-order valence-electron chi connectivity index (χ0n) is 19.1. The van der Waals surface area contributed by atoms with Crippen LogP contribution in [-0.4, -0.2) is 79.4 Å². The van der Waals surface area contributed by atoms with Crippen molar-refractivity contribution in [2.75, 3.05) is 39.3 Å². The highest BCUT2D eigenvalue weighted by molar-refractivity contribution is 5.95. The lowest BCUT2D eigenvalue weighted by Gasteiger charge is -2.38. The van der Waals surface area contributed by atoms with E-state index in [-0.39, 0.29) is 24.8 Å². The number of ether oxygens (including phenoxy) is 2. The van der Waals surface area contributed by atoms with E-state index >= 15 is 0 Å². The Bertz CT molecular complexity index is 829. The summed E-state index contributed by atoms with van der Waals surface area (Å²) in [5.41, 5.74) is 0.991. The Morgan fingerprint density at radius 3 is 2.75 bits per heavy atom. The number of morpholine rings is 1. The van der Waals surface area contributed by atoms with Gasteiger partial charge in [-0.3, -0.25) is 9.80 Å². The molecule has 0 aromatic carbocycles. The van der Waals surface area contributed by atoms with E-state index in [1.807, 2.05) is 0 Å². The minimum Gasteiger partial charge on any atom is -0.467 e. The van der Waals surface area contributed by atoms with Crippen LogP contribution in [0.4, 0.5) is 4.79 Å². The monoisotopic (exact) mass is 446 g/mol. The van der Waals surface area contributed by atoms with Crippen molar-refractivity contribution in [2.24, 2.45) is 0 Å². The summed E-state index contributed by atoms with van der Waals surface area (Å²) in [5, 5.41) is 5.68. The molecule has 0 aliphatic carbocycles. The molecule has 2 fully saturated rings. The van der Waals surface area contributed by atoms with E-state index in [0.717, 1.165) is 39.0 Å². The number of carbonyl (C=O) groups excluding carboxylic acids is 2. The van der Waals surface area contributed by atoms with Gasteiger partial charge in [0.05, 0.1) is 30.7 Å². The first-order chi connectivity index (χ1) is 15.4. The van der Waals surface area contributed by atoms with E-state index in [2.05, 4.69) is 34.3 Å². The molecule has 4 heterocycles. The molecule has 1 aromatic rings. The first kappa shape index (κ1) is 22.8. The van der Waals surface area contributed by atoms with Gasteiger partial charge in [0.2, 0.25) is 0 Å². The number of carbonyl (C=O) groups is 2. The second kappa shape index (κ2) is 10.1. The number of amides is 2. The molecule has 4 unspecified atom stereocenters. The van der Waals surface area contributed by atoms with Crippen LogP contribution in [0, 0.1) is 0 Å². The van der Waals surface area contributed by atoms with Gasteiger partial charge in [0.1, 0.15) is 11.8 Å². The van der Waals surface area contributed by atoms with Crippen molar-refractivity contribution < 1.29 is 23.5 Å². The minimum atomic E-state index is -0.671. The molecular formula is C23H34N4O5. The maximum Gasteiger partial charge on any atom is 0.338 e. The highest BCUT2D eigenvalue weighted by atomic mass is 16.5. The Morgan fingerprint density at radius 1 is 1.28 bits per heavy atom. The van der Waals surface area contributed by atoms with Crippen LogP contribution in [0.1, 0.15) is 45.4 Å². The zero-order chi connectivity index (χ0) is 22.7. The van der Waals surface area contributed by atoms with Crippen LogP contribution in [0.25, 0.3) is 0 Å². The molecule has 9 nitrogen and oxygen atoms in total. The SMILES string of the molecule is CCOC(=O)C1=C(CN2CCCC2CN2CC(C)OC(C)C2)NC(=O)NC1c1ccco1. The molecular weight excluding hydrogens is 412 g/mol. The molecule has 4 atom stereocenters. The van der Waals surface area contributed by atoms with Crippen LogP contribution in [-0.2, 0) is 14.3 Å². The summed E-state index contributed by atoms with van der Waals surface area (Å²) in [6.07, 6.45) is 4.17. The van der Waals surface area contributed by atoms with Gasteiger partial charge in [-0.05, 0) is 52.3 Å². The predicted octanol–water partition coefficient (Wildman–Crippen LogP) is 2.02. The Labute approximate surface area is 189 Å².